The molecule has 0 spiro atoms. The highest BCUT2D eigenvalue weighted by molar-refractivity contribution is 5.85. The second-order valence-electron chi connectivity index (χ2n) is 4.40. The number of hydrogen-bond acceptors (Lipinski definition) is 2. The number of benzene rings is 1. The van der Waals surface area contributed by atoms with Gasteiger partial charge in [-0.15, -0.1) is 0 Å². The minimum absolute atomic E-state index is 0.911. The molecule has 0 aromatic heterocycles. The fourth-order valence-electron chi connectivity index (χ4n) is 2.10. The monoisotopic (exact) mass is 231 g/mol. The fraction of sp³-hybridized carbons (Fsp3) is 0.357. The quantitative estimate of drug-likeness (QED) is 0.809. The van der Waals surface area contributed by atoms with Crippen molar-refractivity contribution in [2.24, 2.45) is 0 Å². The molecule has 0 radical (unpaired) electrons. The van der Waals surface area contributed by atoms with Crippen LogP contribution in [0.15, 0.2) is 30.3 Å². The maximum Gasteiger partial charge on any atom is 0.328 e. The van der Waals surface area contributed by atoms with Gasteiger partial charge in [0.15, 0.2) is 0 Å². The molecule has 1 N–H and O–H groups in total. The summed E-state index contributed by atoms with van der Waals surface area (Å²) >= 11 is 0. The van der Waals surface area contributed by atoms with Gasteiger partial charge in [-0.05, 0) is 43.1 Å². The van der Waals surface area contributed by atoms with Crippen LogP contribution in [0.25, 0.3) is 6.08 Å². The number of rotatable bonds is 4. The normalized spacial score (nSPS) is 16.7. The first-order chi connectivity index (χ1) is 8.24. The smallest absolute Gasteiger partial charge is 0.328 e. The summed E-state index contributed by atoms with van der Waals surface area (Å²) in [5.41, 5.74) is 2.22. The van der Waals surface area contributed by atoms with Gasteiger partial charge in [0.25, 0.3) is 0 Å². The number of carboxylic acids is 1. The lowest BCUT2D eigenvalue weighted by molar-refractivity contribution is -0.131. The number of carbonyl (C=O) groups is 1. The van der Waals surface area contributed by atoms with Gasteiger partial charge in [-0.2, -0.15) is 0 Å². The van der Waals surface area contributed by atoms with Crippen LogP contribution in [-0.4, -0.2) is 29.1 Å². The summed E-state index contributed by atoms with van der Waals surface area (Å²) < 4.78 is 0. The van der Waals surface area contributed by atoms with Gasteiger partial charge in [-0.25, -0.2) is 4.79 Å². The molecule has 2 rings (SSSR count). The molecule has 1 heterocycles. The molecule has 1 saturated heterocycles. The van der Waals surface area contributed by atoms with Crippen LogP contribution >= 0.6 is 0 Å². The molecule has 0 atom stereocenters. The van der Waals surface area contributed by atoms with Crippen LogP contribution < -0.4 is 0 Å². The minimum Gasteiger partial charge on any atom is -0.478 e. The minimum atomic E-state index is -0.911. The predicted octanol–water partition coefficient (Wildman–Crippen LogP) is 2.38. The van der Waals surface area contributed by atoms with E-state index in [-0.39, 0.29) is 0 Å². The highest BCUT2D eigenvalue weighted by Gasteiger charge is 2.11. The van der Waals surface area contributed by atoms with E-state index >= 15 is 0 Å². The van der Waals surface area contributed by atoms with Crippen molar-refractivity contribution in [1.82, 2.24) is 4.90 Å². The Morgan fingerprint density at radius 2 is 1.88 bits per heavy atom. The second kappa shape index (κ2) is 5.64. The number of carboxylic acid groups (broad SMARTS) is 1. The summed E-state index contributed by atoms with van der Waals surface area (Å²) in [4.78, 5) is 12.8. The van der Waals surface area contributed by atoms with E-state index < -0.39 is 5.97 Å². The second-order valence-corrected chi connectivity index (χ2v) is 4.40. The number of hydrogen-bond donors (Lipinski definition) is 1. The SMILES string of the molecule is O=C(O)C=Cc1ccc(CN2CCCC2)cc1. The summed E-state index contributed by atoms with van der Waals surface area (Å²) in [6, 6.07) is 8.06. The van der Waals surface area contributed by atoms with Gasteiger partial charge in [0.1, 0.15) is 0 Å². The molecule has 0 unspecified atom stereocenters. The van der Waals surface area contributed by atoms with E-state index in [2.05, 4.69) is 17.0 Å². The van der Waals surface area contributed by atoms with E-state index in [1.165, 1.54) is 31.5 Å². The molecule has 1 fully saturated rings. The molecule has 0 bridgehead atoms. The summed E-state index contributed by atoms with van der Waals surface area (Å²) in [6.45, 7) is 3.39. The van der Waals surface area contributed by atoms with Crippen LogP contribution in [0.1, 0.15) is 24.0 Å². The fourth-order valence-corrected chi connectivity index (χ4v) is 2.10. The van der Waals surface area contributed by atoms with Crippen molar-refractivity contribution in [3.05, 3.63) is 41.5 Å². The molecular formula is C14H17NO2. The lowest BCUT2D eigenvalue weighted by atomic mass is 10.1. The zero-order chi connectivity index (χ0) is 12.1. The molecule has 3 nitrogen and oxygen atoms in total. The summed E-state index contributed by atoms with van der Waals surface area (Å²) in [7, 11) is 0. The Kier molecular flexibility index (Phi) is 3.94. The zero-order valence-corrected chi connectivity index (χ0v) is 9.80. The highest BCUT2D eigenvalue weighted by atomic mass is 16.4. The van der Waals surface area contributed by atoms with E-state index in [1.807, 2.05) is 12.1 Å². The van der Waals surface area contributed by atoms with Gasteiger partial charge in [0.05, 0.1) is 0 Å². The molecule has 1 aromatic carbocycles. The Hall–Kier alpha value is -1.61. The standard InChI is InChI=1S/C14H17NO2/c16-14(17)8-7-12-3-5-13(6-4-12)11-15-9-1-2-10-15/h3-8H,1-2,9-11H2,(H,16,17). The topological polar surface area (TPSA) is 40.5 Å². The maximum atomic E-state index is 10.4. The molecule has 0 amide bonds. The van der Waals surface area contributed by atoms with E-state index in [4.69, 9.17) is 5.11 Å². The van der Waals surface area contributed by atoms with Gasteiger partial charge < -0.3 is 5.11 Å². The van der Waals surface area contributed by atoms with Crippen molar-refractivity contribution in [2.75, 3.05) is 13.1 Å². The van der Waals surface area contributed by atoms with Crippen molar-refractivity contribution >= 4 is 12.0 Å². The molecule has 3 heteroatoms. The van der Waals surface area contributed by atoms with Crippen LogP contribution in [0.3, 0.4) is 0 Å². The van der Waals surface area contributed by atoms with E-state index in [9.17, 15) is 4.79 Å². The summed E-state index contributed by atoms with van der Waals surface area (Å²) in [5, 5.41) is 8.53. The van der Waals surface area contributed by atoms with Crippen molar-refractivity contribution < 1.29 is 9.90 Å². The third kappa shape index (κ3) is 3.71. The maximum absolute atomic E-state index is 10.4. The Balaban J connectivity index is 1.95. The molecule has 0 saturated carbocycles. The molecule has 90 valence electrons. The lowest BCUT2D eigenvalue weighted by Crippen LogP contribution is -2.18. The van der Waals surface area contributed by atoms with Crippen LogP contribution in [0.2, 0.25) is 0 Å². The average molecular weight is 231 g/mol. The van der Waals surface area contributed by atoms with Gasteiger partial charge in [-0.1, -0.05) is 24.3 Å². The summed E-state index contributed by atoms with van der Waals surface area (Å²) in [6.07, 6.45) is 5.39. The third-order valence-electron chi connectivity index (χ3n) is 3.00. The van der Waals surface area contributed by atoms with Gasteiger partial charge in [0, 0.05) is 12.6 Å². The van der Waals surface area contributed by atoms with Crippen molar-refractivity contribution in [2.45, 2.75) is 19.4 Å². The Labute approximate surface area is 101 Å². The van der Waals surface area contributed by atoms with Gasteiger partial charge in [-0.3, -0.25) is 4.90 Å². The first-order valence-corrected chi connectivity index (χ1v) is 5.96. The van der Waals surface area contributed by atoms with Crippen LogP contribution in [0, 0.1) is 0 Å². The van der Waals surface area contributed by atoms with Crippen LogP contribution in [0.5, 0.6) is 0 Å². The number of nitrogens with zero attached hydrogens (tertiary/aromatic N) is 1. The molecule has 17 heavy (non-hydrogen) atoms. The molecular weight excluding hydrogens is 214 g/mol. The third-order valence-corrected chi connectivity index (χ3v) is 3.00. The van der Waals surface area contributed by atoms with Crippen LogP contribution in [0.4, 0.5) is 0 Å². The van der Waals surface area contributed by atoms with E-state index in [1.54, 1.807) is 6.08 Å². The van der Waals surface area contributed by atoms with E-state index in [0.717, 1.165) is 18.2 Å². The number of aliphatic carboxylic acids is 1. The zero-order valence-electron chi connectivity index (χ0n) is 9.80. The van der Waals surface area contributed by atoms with Crippen molar-refractivity contribution in [3.8, 4) is 0 Å². The van der Waals surface area contributed by atoms with Crippen molar-refractivity contribution in [3.63, 3.8) is 0 Å². The first kappa shape index (κ1) is 11.9. The Morgan fingerprint density at radius 1 is 1.24 bits per heavy atom. The highest BCUT2D eigenvalue weighted by Crippen LogP contribution is 2.13. The van der Waals surface area contributed by atoms with Gasteiger partial charge in [0.2, 0.25) is 0 Å². The lowest BCUT2D eigenvalue weighted by Gasteiger charge is -2.14. The molecule has 0 aliphatic carbocycles. The largest absolute Gasteiger partial charge is 0.478 e. The van der Waals surface area contributed by atoms with Gasteiger partial charge >= 0.3 is 5.97 Å². The Bertz CT molecular complexity index is 403. The molecule has 1 aliphatic heterocycles. The number of likely N-dealkylation sites (tertiary alicyclic amines) is 1. The van der Waals surface area contributed by atoms with E-state index in [0.29, 0.717) is 0 Å². The predicted molar refractivity (Wildman–Crippen MR) is 67.6 cm³/mol. The Morgan fingerprint density at radius 3 is 2.47 bits per heavy atom. The first-order valence-electron chi connectivity index (χ1n) is 5.96. The molecule has 1 aromatic rings. The van der Waals surface area contributed by atoms with Crippen LogP contribution in [-0.2, 0) is 11.3 Å². The average Bonchev–Trinajstić information content (AvgIpc) is 2.81. The summed E-state index contributed by atoms with van der Waals surface area (Å²) in [5.74, 6) is -0.911. The molecule has 1 aliphatic rings. The van der Waals surface area contributed by atoms with Crippen molar-refractivity contribution in [1.29, 1.82) is 0 Å².